The van der Waals surface area contributed by atoms with Crippen LogP contribution >= 0.6 is 0 Å². The number of nitro benzene ring substituents is 1. The quantitative estimate of drug-likeness (QED) is 0.590. The van der Waals surface area contributed by atoms with Crippen LogP contribution in [0.1, 0.15) is 38.2 Å². The van der Waals surface area contributed by atoms with Crippen LogP contribution in [0.5, 0.6) is 0 Å². The third-order valence-corrected chi connectivity index (χ3v) is 3.97. The van der Waals surface area contributed by atoms with Gasteiger partial charge in [0.1, 0.15) is 0 Å². The number of non-ortho nitro benzene ring substituents is 1. The van der Waals surface area contributed by atoms with E-state index in [2.05, 4.69) is 13.0 Å². The average molecular weight is 244 g/mol. The van der Waals surface area contributed by atoms with Crippen LogP contribution in [0.15, 0.2) is 24.3 Å². The molecule has 0 N–H and O–H groups in total. The Bertz CT molecular complexity index is 480. The Balaban J connectivity index is 2.28. The Morgan fingerprint density at radius 1 is 1.33 bits per heavy atom. The molecule has 0 unspecified atom stereocenters. The van der Waals surface area contributed by atoms with Crippen LogP contribution in [0.4, 0.5) is 5.69 Å². The van der Waals surface area contributed by atoms with E-state index >= 15 is 0 Å². The van der Waals surface area contributed by atoms with Crippen molar-refractivity contribution in [2.75, 3.05) is 0 Å². The van der Waals surface area contributed by atoms with E-state index in [1.165, 1.54) is 12.1 Å². The van der Waals surface area contributed by atoms with Crippen LogP contribution in [-0.4, -0.2) is 4.92 Å². The highest BCUT2D eigenvalue weighted by Gasteiger charge is 2.36. The molecule has 1 aromatic rings. The first-order valence-corrected chi connectivity index (χ1v) is 6.23. The lowest BCUT2D eigenvalue weighted by Gasteiger charge is -2.34. The Kier molecular flexibility index (Phi) is 3.33. The number of hydrogen-bond donors (Lipinski definition) is 0. The first kappa shape index (κ1) is 12.6. The molecule has 1 saturated carbocycles. The van der Waals surface area contributed by atoms with Crippen molar-refractivity contribution in [3.8, 4) is 6.07 Å². The summed E-state index contributed by atoms with van der Waals surface area (Å²) < 4.78 is 0. The number of hydrogen-bond acceptors (Lipinski definition) is 3. The number of benzene rings is 1. The van der Waals surface area contributed by atoms with Crippen LogP contribution in [-0.2, 0) is 5.41 Å². The number of nitrogens with zero attached hydrogens (tertiary/aromatic N) is 2. The van der Waals surface area contributed by atoms with E-state index in [9.17, 15) is 15.4 Å². The molecule has 0 radical (unpaired) electrons. The minimum absolute atomic E-state index is 0.0796. The second kappa shape index (κ2) is 4.77. The SMILES string of the molecule is CC1CCC(C#N)(c2ccc([N+](=O)[O-])cc2)CC1. The fraction of sp³-hybridized carbons (Fsp3) is 0.500. The first-order chi connectivity index (χ1) is 8.57. The van der Waals surface area contributed by atoms with Crippen LogP contribution in [0, 0.1) is 27.4 Å². The highest BCUT2D eigenvalue weighted by Crippen LogP contribution is 2.41. The maximum Gasteiger partial charge on any atom is 0.269 e. The van der Waals surface area contributed by atoms with Crippen molar-refractivity contribution in [2.24, 2.45) is 5.92 Å². The van der Waals surface area contributed by atoms with Gasteiger partial charge in [0, 0.05) is 12.1 Å². The summed E-state index contributed by atoms with van der Waals surface area (Å²) in [5.74, 6) is 0.671. The van der Waals surface area contributed by atoms with Crippen molar-refractivity contribution < 1.29 is 4.92 Å². The molecule has 94 valence electrons. The monoisotopic (exact) mass is 244 g/mol. The fourth-order valence-corrected chi connectivity index (χ4v) is 2.62. The number of nitriles is 1. The van der Waals surface area contributed by atoms with Gasteiger partial charge in [0.05, 0.1) is 16.4 Å². The van der Waals surface area contributed by atoms with E-state index in [0.717, 1.165) is 31.2 Å². The summed E-state index contributed by atoms with van der Waals surface area (Å²) in [5.41, 5.74) is 0.556. The summed E-state index contributed by atoms with van der Waals surface area (Å²) in [4.78, 5) is 10.2. The fourth-order valence-electron chi connectivity index (χ4n) is 2.62. The maximum absolute atomic E-state index is 10.6. The van der Waals surface area contributed by atoms with Gasteiger partial charge in [-0.05, 0) is 37.2 Å². The van der Waals surface area contributed by atoms with E-state index in [1.807, 2.05) is 0 Å². The Morgan fingerprint density at radius 3 is 2.33 bits per heavy atom. The summed E-state index contributed by atoms with van der Waals surface area (Å²) >= 11 is 0. The molecule has 0 amide bonds. The molecule has 0 aromatic heterocycles. The smallest absolute Gasteiger partial charge is 0.258 e. The third kappa shape index (κ3) is 2.21. The lowest BCUT2D eigenvalue weighted by molar-refractivity contribution is -0.384. The average Bonchev–Trinajstić information content (AvgIpc) is 2.40. The van der Waals surface area contributed by atoms with Gasteiger partial charge in [-0.3, -0.25) is 10.1 Å². The van der Waals surface area contributed by atoms with Gasteiger partial charge in [-0.2, -0.15) is 5.26 Å². The first-order valence-electron chi connectivity index (χ1n) is 6.23. The minimum atomic E-state index is -0.443. The molecule has 0 aliphatic heterocycles. The van der Waals surface area contributed by atoms with Crippen molar-refractivity contribution in [3.05, 3.63) is 39.9 Å². The molecular formula is C14H16N2O2. The van der Waals surface area contributed by atoms with Gasteiger partial charge in [0.25, 0.3) is 5.69 Å². The molecule has 0 atom stereocenters. The molecule has 1 aliphatic rings. The van der Waals surface area contributed by atoms with Gasteiger partial charge in [-0.15, -0.1) is 0 Å². The van der Waals surface area contributed by atoms with E-state index in [-0.39, 0.29) is 5.69 Å². The van der Waals surface area contributed by atoms with Crippen LogP contribution < -0.4 is 0 Å². The largest absolute Gasteiger partial charge is 0.269 e. The standard InChI is InChI=1S/C14H16N2O2/c1-11-6-8-14(10-15,9-7-11)12-2-4-13(5-3-12)16(17)18/h2-5,11H,6-9H2,1H3. The van der Waals surface area contributed by atoms with Crippen molar-refractivity contribution in [3.63, 3.8) is 0 Å². The number of nitro groups is 1. The molecule has 1 fully saturated rings. The van der Waals surface area contributed by atoms with Gasteiger partial charge in [0.2, 0.25) is 0 Å². The van der Waals surface area contributed by atoms with Gasteiger partial charge in [-0.25, -0.2) is 0 Å². The van der Waals surface area contributed by atoms with E-state index in [4.69, 9.17) is 0 Å². The highest BCUT2D eigenvalue weighted by molar-refractivity contribution is 5.40. The summed E-state index contributed by atoms with van der Waals surface area (Å²) in [6.07, 6.45) is 3.79. The van der Waals surface area contributed by atoms with Gasteiger partial charge in [0.15, 0.2) is 0 Å². The Morgan fingerprint density at radius 2 is 1.89 bits per heavy atom. The topological polar surface area (TPSA) is 66.9 Å². The minimum Gasteiger partial charge on any atom is -0.258 e. The highest BCUT2D eigenvalue weighted by atomic mass is 16.6. The van der Waals surface area contributed by atoms with E-state index in [1.54, 1.807) is 12.1 Å². The molecule has 18 heavy (non-hydrogen) atoms. The molecule has 0 bridgehead atoms. The second-order valence-electron chi connectivity index (χ2n) is 5.18. The third-order valence-electron chi connectivity index (χ3n) is 3.97. The van der Waals surface area contributed by atoms with E-state index in [0.29, 0.717) is 5.92 Å². The predicted molar refractivity (Wildman–Crippen MR) is 68.0 cm³/mol. The summed E-state index contributed by atoms with van der Waals surface area (Å²) in [7, 11) is 0. The van der Waals surface area contributed by atoms with Crippen molar-refractivity contribution in [2.45, 2.75) is 38.0 Å². The molecule has 1 aromatic carbocycles. The molecule has 2 rings (SSSR count). The molecule has 0 heterocycles. The van der Waals surface area contributed by atoms with Crippen molar-refractivity contribution in [1.29, 1.82) is 5.26 Å². The summed E-state index contributed by atoms with van der Waals surface area (Å²) in [5, 5.41) is 20.1. The lowest BCUT2D eigenvalue weighted by atomic mass is 9.68. The van der Waals surface area contributed by atoms with Gasteiger partial charge in [-0.1, -0.05) is 19.1 Å². The number of rotatable bonds is 2. The van der Waals surface area contributed by atoms with Crippen LogP contribution in [0.25, 0.3) is 0 Å². The molecule has 1 aliphatic carbocycles. The van der Waals surface area contributed by atoms with Gasteiger partial charge < -0.3 is 0 Å². The van der Waals surface area contributed by atoms with E-state index < -0.39 is 10.3 Å². The van der Waals surface area contributed by atoms with Gasteiger partial charge >= 0.3 is 0 Å². The molecule has 4 nitrogen and oxygen atoms in total. The van der Waals surface area contributed by atoms with Crippen molar-refractivity contribution >= 4 is 5.69 Å². The van der Waals surface area contributed by atoms with Crippen LogP contribution in [0.2, 0.25) is 0 Å². The molecule has 0 spiro atoms. The summed E-state index contributed by atoms with van der Waals surface area (Å²) in [6.45, 7) is 2.21. The Labute approximate surface area is 106 Å². The zero-order valence-corrected chi connectivity index (χ0v) is 10.4. The maximum atomic E-state index is 10.6. The second-order valence-corrected chi connectivity index (χ2v) is 5.18. The van der Waals surface area contributed by atoms with Crippen molar-refractivity contribution in [1.82, 2.24) is 0 Å². The predicted octanol–water partition coefficient (Wildman–Crippen LogP) is 3.57. The normalized spacial score (nSPS) is 27.4. The molecule has 0 saturated heterocycles. The summed E-state index contributed by atoms with van der Waals surface area (Å²) in [6, 6.07) is 8.89. The zero-order valence-electron chi connectivity index (χ0n) is 10.4. The molecular weight excluding hydrogens is 228 g/mol. The Hall–Kier alpha value is -1.89. The lowest BCUT2D eigenvalue weighted by Crippen LogP contribution is -2.29. The molecule has 4 heteroatoms. The van der Waals surface area contributed by atoms with Crippen LogP contribution in [0.3, 0.4) is 0 Å². The zero-order chi connectivity index (χ0) is 13.2.